The van der Waals surface area contributed by atoms with E-state index in [2.05, 4.69) is 33.9 Å². The molecule has 0 fully saturated rings. The number of hydrogen-bond donors (Lipinski definition) is 0. The van der Waals surface area contributed by atoms with Gasteiger partial charge in [0.25, 0.3) is 0 Å². The van der Waals surface area contributed by atoms with Crippen LogP contribution in [-0.4, -0.2) is 12.0 Å². The third-order valence-electron chi connectivity index (χ3n) is 1.22. The molecule has 1 aromatic heterocycles. The number of aromatic nitrogens is 1. The number of aryl methyl sites for hydroxylation is 1. The summed E-state index contributed by atoms with van der Waals surface area (Å²) in [6.45, 7) is 2.04. The van der Waals surface area contributed by atoms with Crippen LogP contribution in [0.15, 0.2) is 18.5 Å². The van der Waals surface area contributed by atoms with Crippen molar-refractivity contribution >= 4 is 28.6 Å². The van der Waals surface area contributed by atoms with Crippen LogP contribution in [0.3, 0.4) is 0 Å². The summed E-state index contributed by atoms with van der Waals surface area (Å²) < 4.78 is 2.01. The highest BCUT2D eigenvalue weighted by Crippen LogP contribution is 2.14. The minimum atomic E-state index is 1.14. The molecule has 0 spiro atoms. The summed E-state index contributed by atoms with van der Waals surface area (Å²) in [4.78, 5) is 4.06. The molecule has 1 heterocycles. The van der Waals surface area contributed by atoms with Gasteiger partial charge < -0.3 is 3.11 Å². The van der Waals surface area contributed by atoms with Gasteiger partial charge in [-0.15, -0.1) is 0 Å². The van der Waals surface area contributed by atoms with Gasteiger partial charge in [-0.05, 0) is 18.6 Å². The number of anilines is 1. The molecule has 0 atom stereocenters. The molecule has 1 rings (SSSR count). The van der Waals surface area contributed by atoms with E-state index in [1.54, 1.807) is 0 Å². The van der Waals surface area contributed by atoms with Crippen LogP contribution in [0, 0.1) is 6.92 Å². The van der Waals surface area contributed by atoms with Crippen molar-refractivity contribution in [3.05, 3.63) is 24.0 Å². The van der Waals surface area contributed by atoms with Crippen LogP contribution in [0.1, 0.15) is 5.56 Å². The molecular weight excluding hydrogens is 239 g/mol. The fraction of sp³-hybridized carbons (Fsp3) is 0.286. The van der Waals surface area contributed by atoms with Gasteiger partial charge in [0.15, 0.2) is 0 Å². The molecule has 0 unspecified atom stereocenters. The summed E-state index contributed by atoms with van der Waals surface area (Å²) in [6.07, 6.45) is 3.70. The molecule has 2 nitrogen and oxygen atoms in total. The minimum Gasteiger partial charge on any atom is -0.316 e. The summed E-state index contributed by atoms with van der Waals surface area (Å²) >= 11 is 2.22. The lowest BCUT2D eigenvalue weighted by atomic mass is 10.3. The Hall–Kier alpha value is -0.320. The fourth-order valence-electron chi connectivity index (χ4n) is 0.708. The molecule has 0 amide bonds. The SMILES string of the molecule is Cc1cncc(N(C)I)c1. The Morgan fingerprint density at radius 3 is 2.60 bits per heavy atom. The van der Waals surface area contributed by atoms with Crippen LogP contribution in [0.4, 0.5) is 5.69 Å². The largest absolute Gasteiger partial charge is 0.316 e. The number of pyridine rings is 1. The molecule has 0 N–H and O–H groups in total. The third kappa shape index (κ3) is 1.83. The summed E-state index contributed by atoms with van der Waals surface area (Å²) in [7, 11) is 2.00. The van der Waals surface area contributed by atoms with Gasteiger partial charge in [0.2, 0.25) is 0 Å². The maximum absolute atomic E-state index is 4.06. The number of hydrogen-bond acceptors (Lipinski definition) is 2. The van der Waals surface area contributed by atoms with Crippen molar-refractivity contribution in [2.75, 3.05) is 10.2 Å². The topological polar surface area (TPSA) is 16.1 Å². The van der Waals surface area contributed by atoms with Crippen LogP contribution < -0.4 is 3.11 Å². The smallest absolute Gasteiger partial charge is 0.0640 e. The summed E-state index contributed by atoms with van der Waals surface area (Å²) in [6, 6.07) is 2.10. The summed E-state index contributed by atoms with van der Waals surface area (Å²) in [5.41, 5.74) is 2.33. The van der Waals surface area contributed by atoms with E-state index < -0.39 is 0 Å². The molecule has 0 aliphatic carbocycles. The van der Waals surface area contributed by atoms with Gasteiger partial charge in [0, 0.05) is 13.2 Å². The zero-order chi connectivity index (χ0) is 7.56. The van der Waals surface area contributed by atoms with Crippen LogP contribution in [0.5, 0.6) is 0 Å². The number of rotatable bonds is 1. The number of nitrogens with zero attached hydrogens (tertiary/aromatic N) is 2. The van der Waals surface area contributed by atoms with Crippen LogP contribution in [0.25, 0.3) is 0 Å². The first-order chi connectivity index (χ1) is 4.70. The molecule has 0 saturated heterocycles. The maximum Gasteiger partial charge on any atom is 0.0640 e. The van der Waals surface area contributed by atoms with Crippen molar-refractivity contribution in [1.29, 1.82) is 0 Å². The quantitative estimate of drug-likeness (QED) is 0.559. The molecular formula is C7H9IN2. The predicted octanol–water partition coefficient (Wildman–Crippen LogP) is 2.18. The van der Waals surface area contributed by atoms with Gasteiger partial charge in [0.1, 0.15) is 0 Å². The van der Waals surface area contributed by atoms with E-state index in [1.807, 2.05) is 29.5 Å². The highest BCUT2D eigenvalue weighted by atomic mass is 127. The monoisotopic (exact) mass is 248 g/mol. The molecule has 0 aliphatic heterocycles. The number of halogens is 1. The lowest BCUT2D eigenvalue weighted by Crippen LogP contribution is -1.99. The van der Waals surface area contributed by atoms with Crippen molar-refractivity contribution in [2.24, 2.45) is 0 Å². The van der Waals surface area contributed by atoms with E-state index >= 15 is 0 Å². The highest BCUT2D eigenvalue weighted by Gasteiger charge is 1.94. The van der Waals surface area contributed by atoms with Crippen molar-refractivity contribution in [3.63, 3.8) is 0 Å². The highest BCUT2D eigenvalue weighted by molar-refractivity contribution is 14.1. The third-order valence-corrected chi connectivity index (χ3v) is 1.77. The molecule has 0 bridgehead atoms. The lowest BCUT2D eigenvalue weighted by molar-refractivity contribution is 1.24. The Labute approximate surface area is 74.8 Å². The Morgan fingerprint density at radius 1 is 1.50 bits per heavy atom. The minimum absolute atomic E-state index is 1.14. The molecule has 54 valence electrons. The second-order valence-electron chi connectivity index (χ2n) is 2.20. The van der Waals surface area contributed by atoms with Gasteiger partial charge >= 0.3 is 0 Å². The van der Waals surface area contributed by atoms with E-state index in [-0.39, 0.29) is 0 Å². The van der Waals surface area contributed by atoms with Crippen LogP contribution >= 0.6 is 22.9 Å². The Morgan fingerprint density at radius 2 is 2.20 bits per heavy atom. The first kappa shape index (κ1) is 7.78. The fourth-order valence-corrected chi connectivity index (χ4v) is 0.971. The van der Waals surface area contributed by atoms with E-state index in [9.17, 15) is 0 Å². The van der Waals surface area contributed by atoms with Gasteiger partial charge in [-0.25, -0.2) is 0 Å². The van der Waals surface area contributed by atoms with Crippen LogP contribution in [-0.2, 0) is 0 Å². The molecule has 1 aromatic rings. The maximum atomic E-state index is 4.06. The molecule has 3 heteroatoms. The average molecular weight is 248 g/mol. The second-order valence-corrected chi connectivity index (χ2v) is 3.64. The lowest BCUT2D eigenvalue weighted by Gasteiger charge is -2.08. The zero-order valence-electron chi connectivity index (χ0n) is 6.00. The van der Waals surface area contributed by atoms with Gasteiger partial charge in [0.05, 0.1) is 34.7 Å². The first-order valence-corrected chi connectivity index (χ1v) is 3.98. The molecule has 0 aromatic carbocycles. The second kappa shape index (κ2) is 3.18. The van der Waals surface area contributed by atoms with Crippen molar-refractivity contribution < 1.29 is 0 Å². The average Bonchev–Trinajstić information content (AvgIpc) is 1.88. The van der Waals surface area contributed by atoms with E-state index in [0.29, 0.717) is 0 Å². The predicted molar refractivity (Wildman–Crippen MR) is 51.4 cm³/mol. The molecule has 0 aliphatic rings. The summed E-state index contributed by atoms with van der Waals surface area (Å²) in [5, 5.41) is 0. The van der Waals surface area contributed by atoms with Crippen LogP contribution in [0.2, 0.25) is 0 Å². The first-order valence-electron chi connectivity index (χ1n) is 3.01. The Kier molecular flexibility index (Phi) is 2.48. The molecule has 10 heavy (non-hydrogen) atoms. The zero-order valence-corrected chi connectivity index (χ0v) is 8.16. The van der Waals surface area contributed by atoms with Gasteiger partial charge in [-0.2, -0.15) is 0 Å². The Bertz CT molecular complexity index is 223. The molecule has 0 radical (unpaired) electrons. The van der Waals surface area contributed by atoms with Crippen molar-refractivity contribution in [1.82, 2.24) is 4.98 Å². The molecule has 0 saturated carbocycles. The van der Waals surface area contributed by atoms with E-state index in [0.717, 1.165) is 5.69 Å². The summed E-state index contributed by atoms with van der Waals surface area (Å²) in [5.74, 6) is 0. The van der Waals surface area contributed by atoms with Gasteiger partial charge in [-0.3, -0.25) is 4.98 Å². The van der Waals surface area contributed by atoms with E-state index in [4.69, 9.17) is 0 Å². The van der Waals surface area contributed by atoms with Crippen molar-refractivity contribution in [3.8, 4) is 0 Å². The standard InChI is InChI=1S/C7H9IN2/c1-6-3-7(10(2)8)5-9-4-6/h3-5H,1-2H3. The normalized spacial score (nSPS) is 9.50. The van der Waals surface area contributed by atoms with Gasteiger partial charge in [-0.1, -0.05) is 0 Å². The van der Waals surface area contributed by atoms with E-state index in [1.165, 1.54) is 5.56 Å². The Balaban J connectivity index is 2.96. The van der Waals surface area contributed by atoms with Crippen molar-refractivity contribution in [2.45, 2.75) is 6.92 Å².